The lowest BCUT2D eigenvalue weighted by Gasteiger charge is -2.18. The first-order valence-corrected chi connectivity index (χ1v) is 10.6. The summed E-state index contributed by atoms with van der Waals surface area (Å²) < 4.78 is 0. The predicted octanol–water partition coefficient (Wildman–Crippen LogP) is 4.65. The van der Waals surface area contributed by atoms with Gasteiger partial charge in [0.1, 0.15) is 0 Å². The van der Waals surface area contributed by atoms with E-state index < -0.39 is 11.9 Å². The predicted molar refractivity (Wildman–Crippen MR) is 121 cm³/mol. The molecule has 2 amide bonds. The van der Waals surface area contributed by atoms with Gasteiger partial charge in [-0.05, 0) is 49.1 Å². The maximum absolute atomic E-state index is 12.9. The summed E-state index contributed by atoms with van der Waals surface area (Å²) in [4.78, 5) is 36.0. The van der Waals surface area contributed by atoms with Crippen LogP contribution in [0, 0.1) is 6.92 Å². The van der Waals surface area contributed by atoms with Gasteiger partial charge >= 0.3 is 5.97 Å². The summed E-state index contributed by atoms with van der Waals surface area (Å²) in [5.41, 5.74) is 3.53. The number of carboxylic acid groups (broad SMARTS) is 1. The van der Waals surface area contributed by atoms with E-state index in [-0.39, 0.29) is 11.2 Å². The number of carbonyl (C=O) groups excluding carboxylic acids is 2. The van der Waals surface area contributed by atoms with Crippen molar-refractivity contribution in [2.75, 3.05) is 10.6 Å². The molecule has 2 rings (SSSR count). The lowest BCUT2D eigenvalue weighted by atomic mass is 10.1. The molecular weight excluding hydrogens is 400 g/mol. The van der Waals surface area contributed by atoms with Crippen LogP contribution in [-0.2, 0) is 20.8 Å². The van der Waals surface area contributed by atoms with Crippen molar-refractivity contribution in [1.82, 2.24) is 0 Å². The van der Waals surface area contributed by atoms with Gasteiger partial charge in [-0.2, -0.15) is 0 Å². The number of anilines is 2. The van der Waals surface area contributed by atoms with E-state index in [9.17, 15) is 14.4 Å². The molecule has 1 atom stereocenters. The standard InChI is InChI=1S/C23H26N2O4S/c1-4-16-9-6-8-15(3)22(16)25-23(29)19(5-2)30-18-11-7-10-17(14-18)24-20(26)12-13-21(27)28/h6-14,19H,4-5H2,1-3H3,(H,24,26)(H,25,29)(H,27,28)/b13-12+. The van der Waals surface area contributed by atoms with E-state index >= 15 is 0 Å². The second-order valence-corrected chi connectivity index (χ2v) is 7.93. The van der Waals surface area contributed by atoms with Crippen LogP contribution in [-0.4, -0.2) is 28.1 Å². The number of thioether (sulfide) groups is 1. The van der Waals surface area contributed by atoms with Crippen molar-refractivity contribution in [2.45, 2.75) is 43.8 Å². The van der Waals surface area contributed by atoms with Crippen LogP contribution in [0.1, 0.15) is 31.4 Å². The van der Waals surface area contributed by atoms with Crippen LogP contribution < -0.4 is 10.6 Å². The van der Waals surface area contributed by atoms with E-state index in [2.05, 4.69) is 17.6 Å². The van der Waals surface area contributed by atoms with E-state index in [0.29, 0.717) is 12.1 Å². The minimum absolute atomic E-state index is 0.0645. The summed E-state index contributed by atoms with van der Waals surface area (Å²) in [6.45, 7) is 5.99. The van der Waals surface area contributed by atoms with Crippen LogP contribution in [0.5, 0.6) is 0 Å². The molecule has 0 aliphatic carbocycles. The van der Waals surface area contributed by atoms with E-state index in [1.807, 2.05) is 38.1 Å². The summed E-state index contributed by atoms with van der Waals surface area (Å²) in [7, 11) is 0. The Kier molecular flexibility index (Phi) is 8.68. The summed E-state index contributed by atoms with van der Waals surface area (Å²) >= 11 is 1.42. The number of aliphatic carboxylic acids is 1. The molecule has 0 fully saturated rings. The number of nitrogens with one attached hydrogen (secondary N) is 2. The first kappa shape index (κ1) is 23.2. The molecule has 0 aliphatic rings. The van der Waals surface area contributed by atoms with Crippen molar-refractivity contribution in [1.29, 1.82) is 0 Å². The molecule has 0 spiro atoms. The van der Waals surface area contributed by atoms with E-state index in [1.54, 1.807) is 18.2 Å². The molecule has 0 aliphatic heterocycles. The molecule has 0 saturated heterocycles. The van der Waals surface area contributed by atoms with E-state index in [4.69, 9.17) is 5.11 Å². The highest BCUT2D eigenvalue weighted by atomic mass is 32.2. The van der Waals surface area contributed by atoms with Crippen molar-refractivity contribution in [2.24, 2.45) is 0 Å². The van der Waals surface area contributed by atoms with Gasteiger partial charge in [0.2, 0.25) is 11.8 Å². The highest BCUT2D eigenvalue weighted by molar-refractivity contribution is 8.00. The fourth-order valence-corrected chi connectivity index (χ4v) is 3.88. The number of rotatable bonds is 9. The first-order valence-electron chi connectivity index (χ1n) is 9.72. The summed E-state index contributed by atoms with van der Waals surface area (Å²) in [6, 6.07) is 13.1. The second kappa shape index (κ2) is 11.2. The smallest absolute Gasteiger partial charge is 0.328 e. The third kappa shape index (κ3) is 6.77. The van der Waals surface area contributed by atoms with Crippen LogP contribution in [0.25, 0.3) is 0 Å². The number of carboxylic acids is 1. The van der Waals surface area contributed by atoms with Crippen LogP contribution in [0.2, 0.25) is 0 Å². The van der Waals surface area contributed by atoms with Gasteiger partial charge in [0.25, 0.3) is 0 Å². The van der Waals surface area contributed by atoms with Crippen LogP contribution >= 0.6 is 11.8 Å². The highest BCUT2D eigenvalue weighted by Gasteiger charge is 2.20. The molecule has 1 unspecified atom stereocenters. The molecule has 158 valence electrons. The van der Waals surface area contributed by atoms with Crippen molar-refractivity contribution in [3.05, 3.63) is 65.7 Å². The number of carbonyl (C=O) groups is 3. The van der Waals surface area contributed by atoms with Gasteiger partial charge in [-0.25, -0.2) is 4.79 Å². The zero-order valence-electron chi connectivity index (χ0n) is 17.3. The quantitative estimate of drug-likeness (QED) is 0.401. The SMILES string of the molecule is CCc1cccc(C)c1NC(=O)C(CC)Sc1cccc(NC(=O)/C=C/C(=O)O)c1. The Morgan fingerprint density at radius 3 is 2.47 bits per heavy atom. The Labute approximate surface area is 180 Å². The monoisotopic (exact) mass is 426 g/mol. The molecule has 0 bridgehead atoms. The van der Waals surface area contributed by atoms with Crippen molar-refractivity contribution in [3.63, 3.8) is 0 Å². The van der Waals surface area contributed by atoms with Crippen molar-refractivity contribution in [3.8, 4) is 0 Å². The lowest BCUT2D eigenvalue weighted by Crippen LogP contribution is -2.25. The van der Waals surface area contributed by atoms with Crippen LogP contribution in [0.4, 0.5) is 11.4 Å². The van der Waals surface area contributed by atoms with Crippen molar-refractivity contribution < 1.29 is 19.5 Å². The first-order chi connectivity index (χ1) is 14.3. The summed E-state index contributed by atoms with van der Waals surface area (Å²) in [5.74, 6) is -1.78. The van der Waals surface area contributed by atoms with Gasteiger partial charge in [-0.1, -0.05) is 38.1 Å². The van der Waals surface area contributed by atoms with Gasteiger partial charge in [0.05, 0.1) is 5.25 Å². The third-order valence-electron chi connectivity index (χ3n) is 4.41. The fraction of sp³-hybridized carbons (Fsp3) is 0.261. The largest absolute Gasteiger partial charge is 0.478 e. The summed E-state index contributed by atoms with van der Waals surface area (Å²) in [5, 5.41) is 14.0. The Morgan fingerprint density at radius 1 is 1.07 bits per heavy atom. The Hall–Kier alpha value is -3.06. The van der Waals surface area contributed by atoms with Gasteiger partial charge in [-0.3, -0.25) is 9.59 Å². The topological polar surface area (TPSA) is 95.5 Å². The molecule has 2 aromatic rings. The number of hydrogen-bond donors (Lipinski definition) is 3. The Bertz CT molecular complexity index is 956. The normalized spacial score (nSPS) is 11.8. The number of hydrogen-bond acceptors (Lipinski definition) is 4. The van der Waals surface area contributed by atoms with Crippen LogP contribution in [0.3, 0.4) is 0 Å². The molecule has 30 heavy (non-hydrogen) atoms. The van der Waals surface area contributed by atoms with Crippen molar-refractivity contribution >= 4 is 40.9 Å². The molecule has 6 nitrogen and oxygen atoms in total. The minimum Gasteiger partial charge on any atom is -0.478 e. The number of aryl methyl sites for hydroxylation is 2. The third-order valence-corrected chi connectivity index (χ3v) is 5.77. The Balaban J connectivity index is 2.09. The Morgan fingerprint density at radius 2 is 1.80 bits per heavy atom. The number of para-hydroxylation sites is 1. The van der Waals surface area contributed by atoms with Crippen LogP contribution in [0.15, 0.2) is 59.5 Å². The van der Waals surface area contributed by atoms with Gasteiger partial charge < -0.3 is 15.7 Å². The fourth-order valence-electron chi connectivity index (χ4n) is 2.87. The number of benzene rings is 2. The average molecular weight is 427 g/mol. The maximum atomic E-state index is 12.9. The second-order valence-electron chi connectivity index (χ2n) is 6.66. The van der Waals surface area contributed by atoms with Gasteiger partial charge in [-0.15, -0.1) is 11.8 Å². The molecule has 0 aromatic heterocycles. The van der Waals surface area contributed by atoms with Gasteiger partial charge in [0, 0.05) is 28.4 Å². The molecule has 3 N–H and O–H groups in total. The average Bonchev–Trinajstić information content (AvgIpc) is 2.72. The van der Waals surface area contributed by atoms with E-state index in [1.165, 1.54) is 11.8 Å². The zero-order valence-corrected chi connectivity index (χ0v) is 18.1. The lowest BCUT2D eigenvalue weighted by molar-refractivity contribution is -0.131. The number of amides is 2. The highest BCUT2D eigenvalue weighted by Crippen LogP contribution is 2.29. The molecule has 0 saturated carbocycles. The molecule has 2 aromatic carbocycles. The maximum Gasteiger partial charge on any atom is 0.328 e. The molecular formula is C23H26N2O4S. The molecule has 0 radical (unpaired) electrons. The summed E-state index contributed by atoms with van der Waals surface area (Å²) in [6.07, 6.45) is 3.21. The van der Waals surface area contributed by atoms with Gasteiger partial charge in [0.15, 0.2) is 0 Å². The molecule has 0 heterocycles. The minimum atomic E-state index is -1.19. The molecule has 7 heteroatoms. The zero-order chi connectivity index (χ0) is 22.1. The van der Waals surface area contributed by atoms with E-state index in [0.717, 1.165) is 40.3 Å².